The van der Waals surface area contributed by atoms with E-state index in [0.29, 0.717) is 5.41 Å². The van der Waals surface area contributed by atoms with Gasteiger partial charge in [0.25, 0.3) is 0 Å². The van der Waals surface area contributed by atoms with Gasteiger partial charge in [-0.25, -0.2) is 0 Å². The minimum Gasteiger partial charge on any atom is -0.0722 e. The zero-order chi connectivity index (χ0) is 9.15. The Morgan fingerprint density at radius 1 is 1.25 bits per heavy atom. The molecule has 0 saturated heterocycles. The Morgan fingerprint density at radius 2 is 1.83 bits per heavy atom. The molecule has 2 aliphatic heterocycles. The molecule has 1 aliphatic carbocycles. The lowest BCUT2D eigenvalue weighted by atomic mass is 9.86. The van der Waals surface area contributed by atoms with Crippen molar-refractivity contribution in [3.05, 3.63) is 22.0 Å². The molecule has 0 atom stereocenters. The molecule has 0 radical (unpaired) electrons. The summed E-state index contributed by atoms with van der Waals surface area (Å²) in [6.07, 6.45) is 3.75. The first-order valence-corrected chi connectivity index (χ1v) is 7.78. The molecule has 0 saturated carbocycles. The van der Waals surface area contributed by atoms with Crippen LogP contribution < -0.4 is 0 Å². The summed E-state index contributed by atoms with van der Waals surface area (Å²) >= 11 is 0. The van der Waals surface area contributed by atoms with Crippen LogP contribution in [0.1, 0.15) is 27.2 Å². The molecule has 2 heterocycles. The third kappa shape index (κ3) is 0.832. The van der Waals surface area contributed by atoms with Crippen molar-refractivity contribution >= 4 is 8.07 Å². The summed E-state index contributed by atoms with van der Waals surface area (Å²) in [4.78, 5) is 0. The Balaban J connectivity index is 2.42. The fourth-order valence-corrected chi connectivity index (χ4v) is 5.32. The lowest BCUT2D eigenvalue weighted by molar-refractivity contribution is 0.496. The molecule has 66 valence electrons. The van der Waals surface area contributed by atoms with Gasteiger partial charge in [0, 0.05) is 0 Å². The maximum absolute atomic E-state index is 2.48. The molecule has 2 bridgehead atoms. The van der Waals surface area contributed by atoms with E-state index in [1.165, 1.54) is 6.42 Å². The maximum atomic E-state index is 2.48. The largest absolute Gasteiger partial charge is 0.107 e. The molecule has 3 aliphatic rings. The Labute approximate surface area is 76.4 Å². The van der Waals surface area contributed by atoms with E-state index in [1.54, 1.807) is 16.0 Å². The zero-order valence-corrected chi connectivity index (χ0v) is 9.78. The number of hydrogen-bond acceptors (Lipinski definition) is 0. The molecule has 0 aromatic heterocycles. The number of allylic oxidation sites excluding steroid dienone is 4. The predicted molar refractivity (Wildman–Crippen MR) is 56.7 cm³/mol. The molecule has 0 nitrogen and oxygen atoms in total. The summed E-state index contributed by atoms with van der Waals surface area (Å²) in [5, 5.41) is 3.53. The molecule has 0 aromatic rings. The van der Waals surface area contributed by atoms with Crippen molar-refractivity contribution in [1.29, 1.82) is 0 Å². The van der Waals surface area contributed by atoms with Gasteiger partial charge in [0.05, 0.1) is 0 Å². The fourth-order valence-electron chi connectivity index (χ4n) is 2.32. The molecule has 3 rings (SSSR count). The van der Waals surface area contributed by atoms with Gasteiger partial charge in [-0.15, -0.1) is 0 Å². The highest BCUT2D eigenvalue weighted by Gasteiger charge is 2.47. The summed E-state index contributed by atoms with van der Waals surface area (Å²) in [7, 11) is -0.978. The van der Waals surface area contributed by atoms with Crippen LogP contribution in [0, 0.1) is 5.41 Å². The molecule has 1 heteroatoms. The van der Waals surface area contributed by atoms with E-state index in [9.17, 15) is 0 Å². The third-order valence-electron chi connectivity index (χ3n) is 3.39. The summed E-state index contributed by atoms with van der Waals surface area (Å²) in [6, 6.07) is 0. The average molecular weight is 178 g/mol. The first kappa shape index (κ1) is 8.30. The molecule has 0 spiro atoms. The topological polar surface area (TPSA) is 0 Å². The number of hydrogen-bond donors (Lipinski definition) is 0. The summed E-state index contributed by atoms with van der Waals surface area (Å²) in [6.45, 7) is 12.0. The van der Waals surface area contributed by atoms with Crippen molar-refractivity contribution in [3.8, 4) is 0 Å². The smallest absolute Gasteiger partial charge is 0.0722 e. The molecule has 12 heavy (non-hydrogen) atoms. The first-order chi connectivity index (χ1) is 5.33. The monoisotopic (exact) mass is 178 g/mol. The van der Waals surface area contributed by atoms with Crippen molar-refractivity contribution in [2.75, 3.05) is 0 Å². The van der Waals surface area contributed by atoms with E-state index in [1.807, 2.05) is 0 Å². The van der Waals surface area contributed by atoms with Gasteiger partial charge in [-0.1, -0.05) is 55.9 Å². The lowest BCUT2D eigenvalue weighted by Crippen LogP contribution is -2.35. The van der Waals surface area contributed by atoms with Gasteiger partial charge < -0.3 is 0 Å². The second kappa shape index (κ2) is 1.95. The zero-order valence-electron chi connectivity index (χ0n) is 8.78. The van der Waals surface area contributed by atoms with E-state index in [4.69, 9.17) is 0 Å². The maximum Gasteiger partial charge on any atom is 0.107 e. The van der Waals surface area contributed by atoms with Gasteiger partial charge >= 0.3 is 0 Å². The van der Waals surface area contributed by atoms with Crippen LogP contribution in [-0.2, 0) is 0 Å². The molecular weight excluding hydrogens is 160 g/mol. The molecule has 0 fully saturated rings. The van der Waals surface area contributed by atoms with Crippen molar-refractivity contribution in [1.82, 2.24) is 0 Å². The Kier molecular flexibility index (Phi) is 1.35. The van der Waals surface area contributed by atoms with Gasteiger partial charge in [-0.05, 0) is 11.8 Å². The van der Waals surface area contributed by atoms with Crippen molar-refractivity contribution < 1.29 is 0 Å². The number of rotatable bonds is 0. The minimum absolute atomic E-state index is 0.411. The highest BCUT2D eigenvalue weighted by molar-refractivity contribution is 6.95. The average Bonchev–Trinajstić information content (AvgIpc) is 2.38. The standard InChI is InChI=1S/C11H18Si/c1-11(2,3)9-6-8-7-10(9)12(8,4)5/h7H,6H2,1-5H3. The van der Waals surface area contributed by atoms with Crippen LogP contribution in [0.25, 0.3) is 0 Å². The van der Waals surface area contributed by atoms with Gasteiger partial charge in [-0.3, -0.25) is 0 Å². The van der Waals surface area contributed by atoms with Gasteiger partial charge in [-0.2, -0.15) is 0 Å². The van der Waals surface area contributed by atoms with Gasteiger partial charge in [0.2, 0.25) is 0 Å². The lowest BCUT2D eigenvalue weighted by Gasteiger charge is -2.30. The summed E-state index contributed by atoms with van der Waals surface area (Å²) in [5.74, 6) is 0. The molecule has 0 N–H and O–H groups in total. The molecular formula is C11H18Si. The van der Waals surface area contributed by atoms with Crippen LogP contribution in [0.2, 0.25) is 13.1 Å². The Morgan fingerprint density at radius 3 is 2.00 bits per heavy atom. The van der Waals surface area contributed by atoms with Crippen LogP contribution in [-0.4, -0.2) is 8.07 Å². The normalized spacial score (nSPS) is 25.6. The van der Waals surface area contributed by atoms with E-state index >= 15 is 0 Å². The first-order valence-electron chi connectivity index (χ1n) is 4.78. The summed E-state index contributed by atoms with van der Waals surface area (Å²) < 4.78 is 0. The highest BCUT2D eigenvalue weighted by Crippen LogP contribution is 2.53. The second-order valence-electron chi connectivity index (χ2n) is 5.61. The highest BCUT2D eigenvalue weighted by atomic mass is 28.3. The molecule has 0 unspecified atom stereocenters. The van der Waals surface area contributed by atoms with Crippen molar-refractivity contribution in [2.45, 2.75) is 40.3 Å². The second-order valence-corrected chi connectivity index (χ2v) is 10.0. The minimum atomic E-state index is -0.978. The van der Waals surface area contributed by atoms with Gasteiger partial charge in [0.1, 0.15) is 8.07 Å². The SMILES string of the molecule is CC(C)(C)C1=C2C=C(C1)[Si]2(C)C. The summed E-state index contributed by atoms with van der Waals surface area (Å²) in [5.41, 5.74) is 2.14. The van der Waals surface area contributed by atoms with Crippen LogP contribution in [0.3, 0.4) is 0 Å². The van der Waals surface area contributed by atoms with E-state index in [-0.39, 0.29) is 0 Å². The van der Waals surface area contributed by atoms with Crippen LogP contribution in [0.4, 0.5) is 0 Å². The van der Waals surface area contributed by atoms with Crippen LogP contribution in [0.5, 0.6) is 0 Å². The fraction of sp³-hybridized carbons (Fsp3) is 0.636. The number of fused-ring (bicyclic) bond motifs is 1. The molecule has 0 amide bonds. The Hall–Kier alpha value is -0.303. The van der Waals surface area contributed by atoms with Crippen LogP contribution >= 0.6 is 0 Å². The van der Waals surface area contributed by atoms with E-state index in [0.717, 1.165) is 0 Å². The van der Waals surface area contributed by atoms with Gasteiger partial charge in [0.15, 0.2) is 0 Å². The van der Waals surface area contributed by atoms with E-state index < -0.39 is 8.07 Å². The molecule has 0 aromatic carbocycles. The predicted octanol–water partition coefficient (Wildman–Crippen LogP) is 3.46. The van der Waals surface area contributed by atoms with Crippen molar-refractivity contribution in [2.24, 2.45) is 5.41 Å². The quantitative estimate of drug-likeness (QED) is 0.498. The van der Waals surface area contributed by atoms with Crippen molar-refractivity contribution in [3.63, 3.8) is 0 Å². The van der Waals surface area contributed by atoms with Crippen LogP contribution in [0.15, 0.2) is 22.0 Å². The van der Waals surface area contributed by atoms with E-state index in [2.05, 4.69) is 39.9 Å². The Bertz CT molecular complexity index is 297. The third-order valence-corrected chi connectivity index (χ3v) is 7.11.